The molecule has 0 aliphatic heterocycles. The standard InChI is InChI=1S/C11H16BrNOS/c1-2-13-8-9-3-4-10(12)7-11(9)15-6-5-14/h3-4,7,13-14H,2,5-6,8H2,1H3. The average Bonchev–Trinajstić information content (AvgIpc) is 2.25. The molecule has 0 aliphatic carbocycles. The highest BCUT2D eigenvalue weighted by atomic mass is 79.9. The molecule has 0 saturated carbocycles. The van der Waals surface area contributed by atoms with Gasteiger partial charge in [-0.25, -0.2) is 0 Å². The van der Waals surface area contributed by atoms with Crippen LogP contribution in [0, 0.1) is 0 Å². The number of aliphatic hydroxyl groups is 1. The van der Waals surface area contributed by atoms with Crippen molar-refractivity contribution in [3.05, 3.63) is 28.2 Å². The van der Waals surface area contributed by atoms with E-state index in [9.17, 15) is 0 Å². The Bertz CT molecular complexity index is 307. The lowest BCUT2D eigenvalue weighted by Gasteiger charge is -2.09. The minimum atomic E-state index is 0.220. The molecular formula is C11H16BrNOS. The molecular weight excluding hydrogens is 274 g/mol. The molecule has 0 heterocycles. The first kappa shape index (κ1) is 13.0. The van der Waals surface area contributed by atoms with Crippen molar-refractivity contribution in [1.82, 2.24) is 5.32 Å². The Kier molecular flexibility index (Phi) is 6.32. The van der Waals surface area contributed by atoms with Crippen LogP contribution >= 0.6 is 27.7 Å². The Hall–Kier alpha value is -0.0300. The molecule has 0 bridgehead atoms. The van der Waals surface area contributed by atoms with Gasteiger partial charge in [0.15, 0.2) is 0 Å². The molecule has 15 heavy (non-hydrogen) atoms. The van der Waals surface area contributed by atoms with Crippen LogP contribution in [0.4, 0.5) is 0 Å². The molecule has 0 aliphatic rings. The molecule has 2 N–H and O–H groups in total. The normalized spacial score (nSPS) is 10.6. The van der Waals surface area contributed by atoms with E-state index in [-0.39, 0.29) is 6.61 Å². The highest BCUT2D eigenvalue weighted by molar-refractivity contribution is 9.10. The number of halogens is 1. The maximum atomic E-state index is 8.82. The summed E-state index contributed by atoms with van der Waals surface area (Å²) in [5, 5.41) is 12.1. The van der Waals surface area contributed by atoms with Gasteiger partial charge in [0, 0.05) is 21.7 Å². The van der Waals surface area contributed by atoms with Crippen LogP contribution in [-0.4, -0.2) is 24.0 Å². The van der Waals surface area contributed by atoms with Gasteiger partial charge in [-0.15, -0.1) is 11.8 Å². The fourth-order valence-electron chi connectivity index (χ4n) is 1.22. The van der Waals surface area contributed by atoms with Crippen LogP contribution in [0.2, 0.25) is 0 Å². The number of rotatable bonds is 6. The Morgan fingerprint density at radius 2 is 2.27 bits per heavy atom. The smallest absolute Gasteiger partial charge is 0.0525 e. The van der Waals surface area contributed by atoms with Crippen molar-refractivity contribution in [1.29, 1.82) is 0 Å². The molecule has 0 aromatic heterocycles. The maximum absolute atomic E-state index is 8.82. The molecule has 84 valence electrons. The van der Waals surface area contributed by atoms with Crippen LogP contribution in [0.3, 0.4) is 0 Å². The molecule has 0 atom stereocenters. The van der Waals surface area contributed by atoms with Crippen molar-refractivity contribution in [2.24, 2.45) is 0 Å². The van der Waals surface area contributed by atoms with E-state index in [1.54, 1.807) is 11.8 Å². The third kappa shape index (κ3) is 4.55. The van der Waals surface area contributed by atoms with Gasteiger partial charge in [0.25, 0.3) is 0 Å². The summed E-state index contributed by atoms with van der Waals surface area (Å²) in [6, 6.07) is 6.27. The van der Waals surface area contributed by atoms with Crippen LogP contribution < -0.4 is 5.32 Å². The lowest BCUT2D eigenvalue weighted by Crippen LogP contribution is -2.12. The number of thioether (sulfide) groups is 1. The Morgan fingerprint density at radius 3 is 2.93 bits per heavy atom. The van der Waals surface area contributed by atoms with Crippen molar-refractivity contribution in [2.45, 2.75) is 18.4 Å². The van der Waals surface area contributed by atoms with Crippen LogP contribution in [-0.2, 0) is 6.54 Å². The van der Waals surface area contributed by atoms with Crippen LogP contribution in [0.15, 0.2) is 27.6 Å². The van der Waals surface area contributed by atoms with Gasteiger partial charge in [-0.05, 0) is 24.2 Å². The summed E-state index contributed by atoms with van der Waals surface area (Å²) in [5.74, 6) is 0.746. The first-order valence-electron chi connectivity index (χ1n) is 5.00. The second-order valence-electron chi connectivity index (χ2n) is 3.10. The lowest BCUT2D eigenvalue weighted by molar-refractivity contribution is 0.322. The molecule has 0 radical (unpaired) electrons. The van der Waals surface area contributed by atoms with Gasteiger partial charge in [0.05, 0.1) is 6.61 Å². The van der Waals surface area contributed by atoms with Gasteiger partial charge >= 0.3 is 0 Å². The van der Waals surface area contributed by atoms with E-state index < -0.39 is 0 Å². The van der Waals surface area contributed by atoms with Crippen LogP contribution in [0.1, 0.15) is 12.5 Å². The van der Waals surface area contributed by atoms with Gasteiger partial charge in [0.2, 0.25) is 0 Å². The molecule has 0 amide bonds. The third-order valence-corrected chi connectivity index (χ3v) is 3.51. The molecule has 0 saturated heterocycles. The highest BCUT2D eigenvalue weighted by Crippen LogP contribution is 2.26. The molecule has 1 aromatic rings. The molecule has 0 spiro atoms. The predicted molar refractivity (Wildman–Crippen MR) is 69.3 cm³/mol. The van der Waals surface area contributed by atoms with E-state index in [2.05, 4.69) is 46.4 Å². The van der Waals surface area contributed by atoms with Gasteiger partial charge in [-0.3, -0.25) is 0 Å². The lowest BCUT2D eigenvalue weighted by atomic mass is 10.2. The molecule has 2 nitrogen and oxygen atoms in total. The van der Waals surface area contributed by atoms with Gasteiger partial charge in [-0.2, -0.15) is 0 Å². The predicted octanol–water partition coefficient (Wildman–Crippen LogP) is 2.64. The first-order chi connectivity index (χ1) is 7.27. The summed E-state index contributed by atoms with van der Waals surface area (Å²) in [6.07, 6.45) is 0. The third-order valence-electron chi connectivity index (χ3n) is 1.94. The zero-order valence-electron chi connectivity index (χ0n) is 8.79. The number of nitrogens with one attached hydrogen (secondary N) is 1. The monoisotopic (exact) mass is 289 g/mol. The van der Waals surface area contributed by atoms with E-state index >= 15 is 0 Å². The zero-order valence-corrected chi connectivity index (χ0v) is 11.2. The van der Waals surface area contributed by atoms with E-state index in [1.165, 1.54) is 10.5 Å². The van der Waals surface area contributed by atoms with Crippen molar-refractivity contribution in [2.75, 3.05) is 18.9 Å². The number of hydrogen-bond donors (Lipinski definition) is 2. The summed E-state index contributed by atoms with van der Waals surface area (Å²) in [7, 11) is 0. The summed E-state index contributed by atoms with van der Waals surface area (Å²) in [6.45, 7) is 4.18. The zero-order chi connectivity index (χ0) is 11.1. The van der Waals surface area contributed by atoms with Crippen molar-refractivity contribution in [3.8, 4) is 0 Å². The van der Waals surface area contributed by atoms with Crippen LogP contribution in [0.25, 0.3) is 0 Å². The second kappa shape index (κ2) is 7.28. The Labute approximate surface area is 104 Å². The highest BCUT2D eigenvalue weighted by Gasteiger charge is 2.03. The van der Waals surface area contributed by atoms with E-state index in [1.807, 2.05) is 0 Å². The molecule has 0 unspecified atom stereocenters. The fraction of sp³-hybridized carbons (Fsp3) is 0.455. The van der Waals surface area contributed by atoms with E-state index in [4.69, 9.17) is 5.11 Å². The first-order valence-corrected chi connectivity index (χ1v) is 6.78. The Balaban J connectivity index is 2.73. The van der Waals surface area contributed by atoms with Crippen molar-refractivity contribution in [3.63, 3.8) is 0 Å². The molecule has 4 heteroatoms. The number of aliphatic hydroxyl groups excluding tert-OH is 1. The van der Waals surface area contributed by atoms with E-state index in [0.717, 1.165) is 23.3 Å². The number of hydrogen-bond acceptors (Lipinski definition) is 3. The quantitative estimate of drug-likeness (QED) is 0.790. The topological polar surface area (TPSA) is 32.3 Å². The molecule has 1 rings (SSSR count). The second-order valence-corrected chi connectivity index (χ2v) is 5.16. The van der Waals surface area contributed by atoms with Gasteiger partial charge in [0.1, 0.15) is 0 Å². The molecule has 1 aromatic carbocycles. The maximum Gasteiger partial charge on any atom is 0.0525 e. The summed E-state index contributed by atoms with van der Waals surface area (Å²) in [5.41, 5.74) is 1.29. The minimum Gasteiger partial charge on any atom is -0.396 e. The minimum absolute atomic E-state index is 0.220. The summed E-state index contributed by atoms with van der Waals surface area (Å²) in [4.78, 5) is 1.24. The fourth-order valence-corrected chi connectivity index (χ4v) is 2.58. The largest absolute Gasteiger partial charge is 0.396 e. The van der Waals surface area contributed by atoms with Crippen molar-refractivity contribution >= 4 is 27.7 Å². The van der Waals surface area contributed by atoms with Gasteiger partial charge in [-0.1, -0.05) is 28.9 Å². The summed E-state index contributed by atoms with van der Waals surface area (Å²) >= 11 is 5.15. The Morgan fingerprint density at radius 1 is 1.47 bits per heavy atom. The molecule has 0 fully saturated rings. The van der Waals surface area contributed by atoms with Crippen LogP contribution in [0.5, 0.6) is 0 Å². The van der Waals surface area contributed by atoms with E-state index in [0.29, 0.717) is 0 Å². The SMILES string of the molecule is CCNCc1ccc(Br)cc1SCCO. The van der Waals surface area contributed by atoms with Gasteiger partial charge < -0.3 is 10.4 Å². The summed E-state index contributed by atoms with van der Waals surface area (Å²) < 4.78 is 1.09. The van der Waals surface area contributed by atoms with Crippen molar-refractivity contribution < 1.29 is 5.11 Å². The number of benzene rings is 1. The average molecular weight is 290 g/mol.